The first-order chi connectivity index (χ1) is 10.8. The van der Waals surface area contributed by atoms with Gasteiger partial charge in [0.1, 0.15) is 29.2 Å². The van der Waals surface area contributed by atoms with Crippen LogP contribution in [0.3, 0.4) is 0 Å². The molecule has 2 rings (SSSR count). The van der Waals surface area contributed by atoms with Gasteiger partial charge in [-0.3, -0.25) is 0 Å². The summed E-state index contributed by atoms with van der Waals surface area (Å²) in [5.41, 5.74) is 0.639. The summed E-state index contributed by atoms with van der Waals surface area (Å²) in [4.78, 5) is 0. The second-order valence-electron chi connectivity index (χ2n) is 4.20. The van der Waals surface area contributed by atoms with Crippen LogP contribution in [-0.2, 0) is 0 Å². The highest BCUT2D eigenvalue weighted by Crippen LogP contribution is 2.30. The lowest BCUT2D eigenvalue weighted by Gasteiger charge is -2.11. The molecule has 0 atom stereocenters. The van der Waals surface area contributed by atoms with Gasteiger partial charge in [-0.15, -0.1) is 0 Å². The Kier molecular flexibility index (Phi) is 5.01. The van der Waals surface area contributed by atoms with E-state index in [4.69, 9.17) is 20.0 Å². The Hall–Kier alpha value is -3.44. The number of anilines is 1. The van der Waals surface area contributed by atoms with Crippen LogP contribution in [0.25, 0.3) is 0 Å². The van der Waals surface area contributed by atoms with E-state index in [9.17, 15) is 0 Å². The molecular formula is C17H13N3O2. The number of nitriles is 2. The number of ether oxygens (including phenoxy) is 2. The number of nitrogens with zero attached hydrogens (tertiary/aromatic N) is 2. The van der Waals surface area contributed by atoms with E-state index in [0.29, 0.717) is 17.2 Å². The van der Waals surface area contributed by atoms with Gasteiger partial charge in [-0.1, -0.05) is 12.1 Å². The SMILES string of the molecule is COc1ccc(Oc2ccccc2NC=C(C#N)C#N)cc1. The molecule has 22 heavy (non-hydrogen) atoms. The number of para-hydroxylation sites is 2. The van der Waals surface area contributed by atoms with Crippen molar-refractivity contribution in [2.75, 3.05) is 12.4 Å². The third-order valence-corrected chi connectivity index (χ3v) is 2.79. The van der Waals surface area contributed by atoms with Crippen LogP contribution in [0, 0.1) is 22.7 Å². The van der Waals surface area contributed by atoms with Gasteiger partial charge in [0.25, 0.3) is 0 Å². The van der Waals surface area contributed by atoms with Crippen LogP contribution in [0.15, 0.2) is 60.3 Å². The molecule has 2 aromatic rings. The monoisotopic (exact) mass is 291 g/mol. The zero-order valence-electron chi connectivity index (χ0n) is 11.9. The van der Waals surface area contributed by atoms with Gasteiger partial charge >= 0.3 is 0 Å². The summed E-state index contributed by atoms with van der Waals surface area (Å²) in [6, 6.07) is 18.0. The predicted molar refractivity (Wildman–Crippen MR) is 82.4 cm³/mol. The Balaban J connectivity index is 2.19. The topological polar surface area (TPSA) is 78.1 Å². The van der Waals surface area contributed by atoms with Gasteiger partial charge in [0.15, 0.2) is 5.75 Å². The normalized spacial score (nSPS) is 9.05. The Labute approximate surface area is 128 Å². The lowest BCUT2D eigenvalue weighted by atomic mass is 10.2. The summed E-state index contributed by atoms with van der Waals surface area (Å²) in [5, 5.41) is 20.4. The van der Waals surface area contributed by atoms with Crippen molar-refractivity contribution in [2.24, 2.45) is 0 Å². The fourth-order valence-electron chi connectivity index (χ4n) is 1.69. The van der Waals surface area contributed by atoms with Crippen molar-refractivity contribution in [1.82, 2.24) is 0 Å². The number of rotatable bonds is 5. The van der Waals surface area contributed by atoms with Crippen molar-refractivity contribution in [3.63, 3.8) is 0 Å². The fourth-order valence-corrected chi connectivity index (χ4v) is 1.69. The Morgan fingerprint density at radius 1 is 1.00 bits per heavy atom. The predicted octanol–water partition coefficient (Wildman–Crippen LogP) is 3.83. The molecule has 0 bridgehead atoms. The molecule has 0 radical (unpaired) electrons. The maximum Gasteiger partial charge on any atom is 0.150 e. The average molecular weight is 291 g/mol. The quantitative estimate of drug-likeness (QED) is 0.847. The summed E-state index contributed by atoms with van der Waals surface area (Å²) in [7, 11) is 1.60. The first-order valence-corrected chi connectivity index (χ1v) is 6.44. The number of methoxy groups -OCH3 is 1. The van der Waals surface area contributed by atoms with Crippen LogP contribution < -0.4 is 14.8 Å². The van der Waals surface area contributed by atoms with Gasteiger partial charge in [0.2, 0.25) is 0 Å². The zero-order valence-corrected chi connectivity index (χ0v) is 11.9. The van der Waals surface area contributed by atoms with E-state index in [1.165, 1.54) is 6.20 Å². The average Bonchev–Trinajstić information content (AvgIpc) is 2.58. The molecule has 0 saturated heterocycles. The molecule has 0 amide bonds. The summed E-state index contributed by atoms with van der Waals surface area (Å²) < 4.78 is 10.9. The van der Waals surface area contributed by atoms with E-state index in [2.05, 4.69) is 5.32 Å². The first kappa shape index (κ1) is 15.0. The van der Waals surface area contributed by atoms with E-state index >= 15 is 0 Å². The van der Waals surface area contributed by atoms with Gasteiger partial charge in [-0.2, -0.15) is 10.5 Å². The lowest BCUT2D eigenvalue weighted by Crippen LogP contribution is -1.94. The molecule has 1 N–H and O–H groups in total. The Morgan fingerprint density at radius 2 is 1.64 bits per heavy atom. The molecule has 0 fully saturated rings. The summed E-state index contributed by atoms with van der Waals surface area (Å²) >= 11 is 0. The van der Waals surface area contributed by atoms with E-state index in [1.54, 1.807) is 55.6 Å². The first-order valence-electron chi connectivity index (χ1n) is 6.44. The van der Waals surface area contributed by atoms with Crippen molar-refractivity contribution in [1.29, 1.82) is 10.5 Å². The van der Waals surface area contributed by atoms with Crippen LogP contribution in [0.1, 0.15) is 0 Å². The van der Waals surface area contributed by atoms with Gasteiger partial charge in [-0.25, -0.2) is 0 Å². The van der Waals surface area contributed by atoms with Gasteiger partial charge in [-0.05, 0) is 36.4 Å². The highest BCUT2D eigenvalue weighted by atomic mass is 16.5. The minimum atomic E-state index is -0.0146. The second kappa shape index (κ2) is 7.37. The minimum Gasteiger partial charge on any atom is -0.497 e. The molecule has 2 aromatic carbocycles. The molecule has 5 nitrogen and oxygen atoms in total. The Bertz CT molecular complexity index is 737. The summed E-state index contributed by atoms with van der Waals surface area (Å²) in [5.74, 6) is 1.98. The summed E-state index contributed by atoms with van der Waals surface area (Å²) in [6.07, 6.45) is 1.34. The third-order valence-electron chi connectivity index (χ3n) is 2.79. The van der Waals surface area contributed by atoms with Crippen LogP contribution in [-0.4, -0.2) is 7.11 Å². The molecule has 0 aliphatic heterocycles. The molecule has 0 spiro atoms. The van der Waals surface area contributed by atoms with Crippen molar-refractivity contribution in [3.05, 3.63) is 60.3 Å². The highest BCUT2D eigenvalue weighted by molar-refractivity contribution is 5.60. The molecule has 0 aliphatic rings. The van der Waals surface area contributed by atoms with Crippen molar-refractivity contribution >= 4 is 5.69 Å². The minimum absolute atomic E-state index is 0.0146. The third kappa shape index (κ3) is 3.78. The molecule has 0 unspecified atom stereocenters. The molecule has 0 aromatic heterocycles. The number of allylic oxidation sites excluding steroid dienone is 1. The molecule has 0 heterocycles. The smallest absolute Gasteiger partial charge is 0.150 e. The number of benzene rings is 2. The lowest BCUT2D eigenvalue weighted by molar-refractivity contribution is 0.413. The van der Waals surface area contributed by atoms with Crippen LogP contribution in [0.5, 0.6) is 17.2 Å². The number of hydrogen-bond acceptors (Lipinski definition) is 5. The second-order valence-corrected chi connectivity index (χ2v) is 4.20. The van der Waals surface area contributed by atoms with Gasteiger partial charge in [0, 0.05) is 6.20 Å². The van der Waals surface area contributed by atoms with E-state index in [-0.39, 0.29) is 5.57 Å². The molecule has 108 valence electrons. The molecule has 5 heteroatoms. The molecule has 0 saturated carbocycles. The van der Waals surface area contributed by atoms with E-state index in [1.807, 2.05) is 12.1 Å². The van der Waals surface area contributed by atoms with Crippen molar-refractivity contribution in [3.8, 4) is 29.4 Å². The van der Waals surface area contributed by atoms with Crippen LogP contribution in [0.2, 0.25) is 0 Å². The van der Waals surface area contributed by atoms with Crippen molar-refractivity contribution in [2.45, 2.75) is 0 Å². The molecular weight excluding hydrogens is 278 g/mol. The maximum absolute atomic E-state index is 8.73. The number of hydrogen-bond donors (Lipinski definition) is 1. The standard InChI is InChI=1S/C17H13N3O2/c1-21-14-6-8-15(9-7-14)22-17-5-3-2-4-16(17)20-12-13(10-18)11-19/h2-9,12,20H,1H3. The maximum atomic E-state index is 8.73. The van der Waals surface area contributed by atoms with Gasteiger partial charge in [0.05, 0.1) is 12.8 Å². The largest absolute Gasteiger partial charge is 0.497 e. The van der Waals surface area contributed by atoms with E-state index < -0.39 is 0 Å². The molecule has 0 aliphatic carbocycles. The van der Waals surface area contributed by atoms with Crippen LogP contribution >= 0.6 is 0 Å². The zero-order chi connectivity index (χ0) is 15.8. The number of nitrogens with one attached hydrogen (secondary N) is 1. The highest BCUT2D eigenvalue weighted by Gasteiger charge is 2.04. The van der Waals surface area contributed by atoms with Crippen LogP contribution in [0.4, 0.5) is 5.69 Å². The fraction of sp³-hybridized carbons (Fsp3) is 0.0588. The van der Waals surface area contributed by atoms with E-state index in [0.717, 1.165) is 5.75 Å². The van der Waals surface area contributed by atoms with Crippen molar-refractivity contribution < 1.29 is 9.47 Å². The Morgan fingerprint density at radius 3 is 2.27 bits per heavy atom. The van der Waals surface area contributed by atoms with Gasteiger partial charge < -0.3 is 14.8 Å². The summed E-state index contributed by atoms with van der Waals surface area (Å²) in [6.45, 7) is 0.